The normalized spacial score (nSPS) is 10.2. The predicted octanol–water partition coefficient (Wildman–Crippen LogP) is 1.05. The molecule has 0 bridgehead atoms. The minimum absolute atomic E-state index is 0.0697. The number of rotatable bonds is 6. The van der Waals surface area contributed by atoms with Crippen LogP contribution in [0.5, 0.6) is 0 Å². The van der Waals surface area contributed by atoms with Crippen molar-refractivity contribution in [1.82, 2.24) is 5.32 Å². The van der Waals surface area contributed by atoms with E-state index < -0.39 is 5.97 Å². The van der Waals surface area contributed by atoms with Crippen LogP contribution < -0.4 is 5.32 Å². The molecule has 0 unspecified atom stereocenters. The summed E-state index contributed by atoms with van der Waals surface area (Å²) >= 11 is 0. The summed E-state index contributed by atoms with van der Waals surface area (Å²) in [4.78, 5) is 21.1. The molecule has 0 saturated heterocycles. The maximum absolute atomic E-state index is 10.9. The first-order valence-electron chi connectivity index (χ1n) is 4.62. The summed E-state index contributed by atoms with van der Waals surface area (Å²) in [6, 6.07) is 3.31. The zero-order chi connectivity index (χ0) is 11.3. The molecule has 1 rings (SSSR count). The van der Waals surface area contributed by atoms with Crippen molar-refractivity contribution in [3.63, 3.8) is 0 Å². The molecule has 5 nitrogen and oxygen atoms in total. The van der Waals surface area contributed by atoms with Gasteiger partial charge in [0, 0.05) is 13.5 Å². The van der Waals surface area contributed by atoms with Crippen LogP contribution in [0, 0.1) is 0 Å². The molecule has 15 heavy (non-hydrogen) atoms. The number of carbonyl (C=O) groups is 2. The van der Waals surface area contributed by atoms with Crippen LogP contribution in [0.15, 0.2) is 16.5 Å². The Bertz CT molecular complexity index is 356. The first-order chi connectivity index (χ1) is 7.09. The molecule has 0 atom stereocenters. The SMILES string of the molecule is CC(=O)c1ccc(CNCCC(=O)O)o1. The van der Waals surface area contributed by atoms with Crippen molar-refractivity contribution in [3.8, 4) is 0 Å². The predicted molar refractivity (Wildman–Crippen MR) is 52.7 cm³/mol. The molecule has 0 spiro atoms. The van der Waals surface area contributed by atoms with E-state index in [4.69, 9.17) is 9.52 Å². The van der Waals surface area contributed by atoms with E-state index in [0.29, 0.717) is 24.6 Å². The highest BCUT2D eigenvalue weighted by Gasteiger charge is 2.05. The number of Topliss-reactive ketones (excluding diaryl/α,β-unsaturated/α-hetero) is 1. The molecule has 2 N–H and O–H groups in total. The number of carboxylic acid groups (broad SMARTS) is 1. The quantitative estimate of drug-likeness (QED) is 0.543. The summed E-state index contributed by atoms with van der Waals surface area (Å²) < 4.78 is 5.19. The van der Waals surface area contributed by atoms with Crippen molar-refractivity contribution in [2.45, 2.75) is 19.9 Å². The lowest BCUT2D eigenvalue weighted by Gasteiger charge is -1.99. The van der Waals surface area contributed by atoms with Crippen LogP contribution in [0.4, 0.5) is 0 Å². The second-order valence-electron chi connectivity index (χ2n) is 3.14. The van der Waals surface area contributed by atoms with Gasteiger partial charge >= 0.3 is 5.97 Å². The summed E-state index contributed by atoms with van der Waals surface area (Å²) in [5, 5.41) is 11.3. The van der Waals surface area contributed by atoms with Crippen molar-refractivity contribution in [2.24, 2.45) is 0 Å². The minimum Gasteiger partial charge on any atom is -0.481 e. The number of carboxylic acids is 1. The van der Waals surface area contributed by atoms with Gasteiger partial charge in [0.2, 0.25) is 0 Å². The van der Waals surface area contributed by atoms with Gasteiger partial charge in [-0.2, -0.15) is 0 Å². The van der Waals surface area contributed by atoms with Gasteiger partial charge in [0.05, 0.1) is 13.0 Å². The molecule has 1 aromatic rings. The lowest BCUT2D eigenvalue weighted by Crippen LogP contribution is -2.17. The first-order valence-corrected chi connectivity index (χ1v) is 4.62. The lowest BCUT2D eigenvalue weighted by molar-refractivity contribution is -0.136. The van der Waals surface area contributed by atoms with E-state index >= 15 is 0 Å². The number of hydrogen-bond acceptors (Lipinski definition) is 4. The Morgan fingerprint density at radius 1 is 1.47 bits per heavy atom. The largest absolute Gasteiger partial charge is 0.481 e. The number of aliphatic carboxylic acids is 1. The van der Waals surface area contributed by atoms with E-state index in [1.807, 2.05) is 0 Å². The van der Waals surface area contributed by atoms with Crippen LogP contribution >= 0.6 is 0 Å². The van der Waals surface area contributed by atoms with Crippen LogP contribution in [-0.4, -0.2) is 23.4 Å². The number of carbonyl (C=O) groups excluding carboxylic acids is 1. The Morgan fingerprint density at radius 3 is 2.73 bits per heavy atom. The van der Waals surface area contributed by atoms with Gasteiger partial charge in [-0.3, -0.25) is 9.59 Å². The van der Waals surface area contributed by atoms with E-state index in [9.17, 15) is 9.59 Å². The summed E-state index contributed by atoms with van der Waals surface area (Å²) in [6.45, 7) is 2.24. The van der Waals surface area contributed by atoms with Crippen LogP contribution in [0.2, 0.25) is 0 Å². The molecule has 0 aliphatic heterocycles. The van der Waals surface area contributed by atoms with Crippen LogP contribution in [-0.2, 0) is 11.3 Å². The van der Waals surface area contributed by atoms with Crippen molar-refractivity contribution in [3.05, 3.63) is 23.7 Å². The molecule has 1 heterocycles. The first kappa shape index (κ1) is 11.5. The third-order valence-electron chi connectivity index (χ3n) is 1.82. The molecule has 0 amide bonds. The molecule has 0 aliphatic rings. The standard InChI is InChI=1S/C10H13NO4/c1-7(12)9-3-2-8(15-9)6-11-5-4-10(13)14/h2-3,11H,4-6H2,1H3,(H,13,14). The molecule has 0 aliphatic carbocycles. The zero-order valence-electron chi connectivity index (χ0n) is 8.45. The van der Waals surface area contributed by atoms with Crippen LogP contribution in [0.3, 0.4) is 0 Å². The van der Waals surface area contributed by atoms with Gasteiger partial charge in [-0.15, -0.1) is 0 Å². The van der Waals surface area contributed by atoms with Gasteiger partial charge in [0.25, 0.3) is 0 Å². The summed E-state index contributed by atoms with van der Waals surface area (Å²) in [5.74, 6) is -0.00576. The van der Waals surface area contributed by atoms with Gasteiger partial charge in [-0.25, -0.2) is 0 Å². The monoisotopic (exact) mass is 211 g/mol. The van der Waals surface area contributed by atoms with E-state index in [1.54, 1.807) is 12.1 Å². The van der Waals surface area contributed by atoms with Crippen LogP contribution in [0.1, 0.15) is 29.7 Å². The van der Waals surface area contributed by atoms with Gasteiger partial charge in [0.15, 0.2) is 11.5 Å². The third kappa shape index (κ3) is 3.95. The fourth-order valence-electron chi connectivity index (χ4n) is 1.07. The highest BCUT2D eigenvalue weighted by molar-refractivity contribution is 5.91. The molecule has 0 radical (unpaired) electrons. The van der Waals surface area contributed by atoms with Crippen molar-refractivity contribution in [1.29, 1.82) is 0 Å². The molecular weight excluding hydrogens is 198 g/mol. The highest BCUT2D eigenvalue weighted by atomic mass is 16.4. The fourth-order valence-corrected chi connectivity index (χ4v) is 1.07. The van der Waals surface area contributed by atoms with Crippen molar-refractivity contribution < 1.29 is 19.1 Å². The van der Waals surface area contributed by atoms with Gasteiger partial charge < -0.3 is 14.8 Å². The van der Waals surface area contributed by atoms with Crippen molar-refractivity contribution in [2.75, 3.05) is 6.54 Å². The molecular formula is C10H13NO4. The van der Waals surface area contributed by atoms with E-state index in [1.165, 1.54) is 6.92 Å². The van der Waals surface area contributed by atoms with Gasteiger partial charge in [0.1, 0.15) is 5.76 Å². The second-order valence-corrected chi connectivity index (χ2v) is 3.14. The fraction of sp³-hybridized carbons (Fsp3) is 0.400. The smallest absolute Gasteiger partial charge is 0.304 e. The maximum Gasteiger partial charge on any atom is 0.304 e. The number of nitrogens with one attached hydrogen (secondary N) is 1. The average Bonchev–Trinajstić information content (AvgIpc) is 2.60. The Kier molecular flexibility index (Phi) is 4.05. The highest BCUT2D eigenvalue weighted by Crippen LogP contribution is 2.07. The van der Waals surface area contributed by atoms with Crippen molar-refractivity contribution >= 4 is 11.8 Å². The van der Waals surface area contributed by atoms with E-state index in [0.717, 1.165) is 0 Å². The Labute approximate surface area is 87.1 Å². The summed E-state index contributed by atoms with van der Waals surface area (Å²) in [5.41, 5.74) is 0. The molecule has 0 fully saturated rings. The number of furan rings is 1. The summed E-state index contributed by atoms with van der Waals surface area (Å²) in [7, 11) is 0. The average molecular weight is 211 g/mol. The molecule has 1 aromatic heterocycles. The maximum atomic E-state index is 10.9. The second kappa shape index (κ2) is 5.31. The lowest BCUT2D eigenvalue weighted by atomic mass is 10.3. The molecule has 0 saturated carbocycles. The third-order valence-corrected chi connectivity index (χ3v) is 1.82. The Hall–Kier alpha value is -1.62. The molecule has 0 aromatic carbocycles. The van der Waals surface area contributed by atoms with E-state index in [-0.39, 0.29) is 12.2 Å². The summed E-state index contributed by atoms with van der Waals surface area (Å²) in [6.07, 6.45) is 0.0697. The van der Waals surface area contributed by atoms with Gasteiger partial charge in [-0.05, 0) is 12.1 Å². The Balaban J connectivity index is 2.31. The topological polar surface area (TPSA) is 79.5 Å². The zero-order valence-corrected chi connectivity index (χ0v) is 8.45. The minimum atomic E-state index is -0.841. The van der Waals surface area contributed by atoms with E-state index in [2.05, 4.69) is 5.32 Å². The molecule has 82 valence electrons. The Morgan fingerprint density at radius 2 is 2.20 bits per heavy atom. The van der Waals surface area contributed by atoms with Crippen LogP contribution in [0.25, 0.3) is 0 Å². The molecule has 5 heteroatoms. The number of ketones is 1. The number of hydrogen-bond donors (Lipinski definition) is 2. The van der Waals surface area contributed by atoms with Gasteiger partial charge in [-0.1, -0.05) is 0 Å².